The Morgan fingerprint density at radius 2 is 2.06 bits per heavy atom. The number of carbonyl (C=O) groups is 1. The Kier molecular flexibility index (Phi) is 4.32. The topological polar surface area (TPSA) is 87.0 Å². The number of carbonyl (C=O) groups excluding carboxylic acids is 1. The van der Waals surface area contributed by atoms with Crippen molar-refractivity contribution in [3.8, 4) is 5.75 Å². The molecule has 0 amide bonds. The number of aromatic hydroxyl groups is 1. The lowest BCUT2D eigenvalue weighted by molar-refractivity contribution is -0.0471. The zero-order chi connectivity index (χ0) is 13.9. The molecule has 0 bridgehead atoms. The van der Waals surface area contributed by atoms with Crippen molar-refractivity contribution >= 4 is 5.97 Å². The van der Waals surface area contributed by atoms with Crippen LogP contribution in [0.3, 0.4) is 0 Å². The van der Waals surface area contributed by atoms with Gasteiger partial charge in [-0.05, 0) is 37.6 Å². The summed E-state index contributed by atoms with van der Waals surface area (Å²) in [5.74, 6) is -0.556. The monoisotopic (exact) mass is 254 g/mol. The minimum atomic E-state index is -1.28. The van der Waals surface area contributed by atoms with Gasteiger partial charge in [-0.1, -0.05) is 0 Å². The van der Waals surface area contributed by atoms with E-state index in [0.717, 1.165) is 0 Å². The number of aliphatic hydroxyl groups is 2. The van der Waals surface area contributed by atoms with Crippen LogP contribution in [0.15, 0.2) is 18.2 Å². The maximum absolute atomic E-state index is 11.3. The smallest absolute Gasteiger partial charge is 0.337 e. The molecule has 1 aromatic rings. The SMILES string of the molecule is COC(=O)c1ccc(O)c(C[C@H](O)C(C)(C)O)c1. The lowest BCUT2D eigenvalue weighted by Crippen LogP contribution is -2.37. The number of esters is 1. The van der Waals surface area contributed by atoms with Crippen molar-refractivity contribution in [2.24, 2.45) is 0 Å². The first-order chi connectivity index (χ1) is 8.25. The van der Waals surface area contributed by atoms with Crippen LogP contribution in [0.5, 0.6) is 5.75 Å². The first-order valence-electron chi connectivity index (χ1n) is 5.56. The summed E-state index contributed by atoms with van der Waals surface area (Å²) in [6, 6.07) is 4.23. The van der Waals surface area contributed by atoms with Crippen molar-refractivity contribution in [2.75, 3.05) is 7.11 Å². The molecule has 0 aliphatic carbocycles. The van der Waals surface area contributed by atoms with E-state index in [1.54, 1.807) is 0 Å². The normalized spacial score (nSPS) is 13.2. The average Bonchev–Trinajstić information content (AvgIpc) is 2.29. The van der Waals surface area contributed by atoms with Crippen molar-refractivity contribution in [1.82, 2.24) is 0 Å². The molecule has 5 heteroatoms. The number of rotatable bonds is 4. The molecule has 1 atom stereocenters. The number of aliphatic hydroxyl groups excluding tert-OH is 1. The van der Waals surface area contributed by atoms with Crippen molar-refractivity contribution in [2.45, 2.75) is 32.0 Å². The summed E-state index contributed by atoms with van der Waals surface area (Å²) in [6.45, 7) is 2.94. The summed E-state index contributed by atoms with van der Waals surface area (Å²) in [5, 5.41) is 29.1. The first-order valence-corrected chi connectivity index (χ1v) is 5.56. The molecule has 0 heterocycles. The summed E-state index contributed by atoms with van der Waals surface area (Å²) < 4.78 is 4.57. The van der Waals surface area contributed by atoms with E-state index in [1.807, 2.05) is 0 Å². The highest BCUT2D eigenvalue weighted by Gasteiger charge is 2.25. The van der Waals surface area contributed by atoms with Gasteiger partial charge in [0.2, 0.25) is 0 Å². The summed E-state index contributed by atoms with van der Waals surface area (Å²) >= 11 is 0. The number of phenolic OH excluding ortho intramolecular Hbond substituents is 1. The average molecular weight is 254 g/mol. The van der Waals surface area contributed by atoms with Crippen molar-refractivity contribution in [1.29, 1.82) is 0 Å². The maximum Gasteiger partial charge on any atom is 0.337 e. The Balaban J connectivity index is 2.98. The van der Waals surface area contributed by atoms with Gasteiger partial charge in [0.05, 0.1) is 24.4 Å². The quantitative estimate of drug-likeness (QED) is 0.693. The molecule has 100 valence electrons. The van der Waals surface area contributed by atoms with Crippen LogP contribution in [-0.2, 0) is 11.2 Å². The highest BCUT2D eigenvalue weighted by Crippen LogP contribution is 2.23. The second-order valence-corrected chi connectivity index (χ2v) is 4.71. The predicted octanol–water partition coefficient (Wildman–Crippen LogP) is 0.853. The lowest BCUT2D eigenvalue weighted by Gasteiger charge is -2.24. The van der Waals surface area contributed by atoms with E-state index in [0.29, 0.717) is 5.56 Å². The van der Waals surface area contributed by atoms with E-state index < -0.39 is 17.7 Å². The molecule has 0 saturated carbocycles. The van der Waals surface area contributed by atoms with E-state index in [1.165, 1.54) is 39.2 Å². The molecule has 0 aliphatic heterocycles. The van der Waals surface area contributed by atoms with Gasteiger partial charge < -0.3 is 20.1 Å². The van der Waals surface area contributed by atoms with Crippen LogP contribution in [0.25, 0.3) is 0 Å². The second-order valence-electron chi connectivity index (χ2n) is 4.71. The molecule has 0 unspecified atom stereocenters. The molecule has 18 heavy (non-hydrogen) atoms. The first kappa shape index (κ1) is 14.5. The number of methoxy groups -OCH3 is 1. The highest BCUT2D eigenvalue weighted by molar-refractivity contribution is 5.89. The predicted molar refractivity (Wildman–Crippen MR) is 65.5 cm³/mol. The third-order valence-corrected chi connectivity index (χ3v) is 2.73. The molecule has 5 nitrogen and oxygen atoms in total. The minimum Gasteiger partial charge on any atom is -0.508 e. The summed E-state index contributed by atoms with van der Waals surface area (Å²) in [5.41, 5.74) is -0.617. The number of hydrogen-bond acceptors (Lipinski definition) is 5. The number of benzene rings is 1. The molecule has 0 aliphatic rings. The Bertz CT molecular complexity index is 433. The van der Waals surface area contributed by atoms with Gasteiger partial charge in [-0.3, -0.25) is 0 Å². The van der Waals surface area contributed by atoms with E-state index in [2.05, 4.69) is 4.74 Å². The molecule has 0 fully saturated rings. The third-order valence-electron chi connectivity index (χ3n) is 2.73. The molecule has 1 aromatic carbocycles. The van der Waals surface area contributed by atoms with Crippen molar-refractivity contribution < 1.29 is 24.9 Å². The van der Waals surface area contributed by atoms with E-state index in [4.69, 9.17) is 0 Å². The fraction of sp³-hybridized carbons (Fsp3) is 0.462. The van der Waals surface area contributed by atoms with Gasteiger partial charge in [0.1, 0.15) is 5.75 Å². The fourth-order valence-electron chi connectivity index (χ4n) is 1.45. The van der Waals surface area contributed by atoms with Crippen LogP contribution in [0.2, 0.25) is 0 Å². The zero-order valence-electron chi connectivity index (χ0n) is 10.7. The second kappa shape index (κ2) is 5.37. The van der Waals surface area contributed by atoms with Crippen LogP contribution in [0, 0.1) is 0 Å². The van der Waals surface area contributed by atoms with Gasteiger partial charge in [-0.25, -0.2) is 4.79 Å². The highest BCUT2D eigenvalue weighted by atomic mass is 16.5. The number of phenols is 1. The van der Waals surface area contributed by atoms with E-state index in [9.17, 15) is 20.1 Å². The van der Waals surface area contributed by atoms with Gasteiger partial charge in [0.15, 0.2) is 0 Å². The molecule has 3 N–H and O–H groups in total. The Hall–Kier alpha value is -1.59. The summed E-state index contributed by atoms with van der Waals surface area (Å²) in [4.78, 5) is 11.3. The Labute approximate surface area is 106 Å². The maximum atomic E-state index is 11.3. The van der Waals surface area contributed by atoms with Crippen LogP contribution in [0.4, 0.5) is 0 Å². The zero-order valence-corrected chi connectivity index (χ0v) is 10.7. The van der Waals surface area contributed by atoms with Crippen molar-refractivity contribution in [3.05, 3.63) is 29.3 Å². The molecule has 0 saturated heterocycles. The number of ether oxygens (including phenoxy) is 1. The van der Waals surface area contributed by atoms with Gasteiger partial charge in [-0.15, -0.1) is 0 Å². The van der Waals surface area contributed by atoms with Gasteiger partial charge in [0, 0.05) is 6.42 Å². The van der Waals surface area contributed by atoms with Gasteiger partial charge >= 0.3 is 5.97 Å². The minimum absolute atomic E-state index is 0.0362. The molecule has 0 aromatic heterocycles. The third kappa shape index (κ3) is 3.45. The van der Waals surface area contributed by atoms with Crippen LogP contribution >= 0.6 is 0 Å². The lowest BCUT2D eigenvalue weighted by atomic mass is 9.94. The van der Waals surface area contributed by atoms with E-state index in [-0.39, 0.29) is 17.7 Å². The Morgan fingerprint density at radius 3 is 2.56 bits per heavy atom. The van der Waals surface area contributed by atoms with Gasteiger partial charge in [0.25, 0.3) is 0 Å². The molecule has 0 radical (unpaired) electrons. The fourth-order valence-corrected chi connectivity index (χ4v) is 1.45. The summed E-state index contributed by atoms with van der Waals surface area (Å²) in [6.07, 6.45) is -1.00. The Morgan fingerprint density at radius 1 is 1.44 bits per heavy atom. The molecular formula is C13H18O5. The van der Waals surface area contributed by atoms with Crippen LogP contribution < -0.4 is 0 Å². The largest absolute Gasteiger partial charge is 0.508 e. The van der Waals surface area contributed by atoms with Crippen LogP contribution in [-0.4, -0.2) is 40.1 Å². The molecule has 1 rings (SSSR count). The van der Waals surface area contributed by atoms with Gasteiger partial charge in [-0.2, -0.15) is 0 Å². The standard InChI is InChI=1S/C13H18O5/c1-13(2,17)11(15)7-9-6-8(12(16)18-3)4-5-10(9)14/h4-6,11,14-15,17H,7H2,1-3H3/t11-/m0/s1. The van der Waals surface area contributed by atoms with Crippen LogP contribution in [0.1, 0.15) is 29.8 Å². The van der Waals surface area contributed by atoms with E-state index >= 15 is 0 Å². The number of hydrogen-bond donors (Lipinski definition) is 3. The molecule has 0 spiro atoms. The summed E-state index contributed by atoms with van der Waals surface area (Å²) in [7, 11) is 1.26. The molecular weight excluding hydrogens is 236 g/mol. The van der Waals surface area contributed by atoms with Crippen molar-refractivity contribution in [3.63, 3.8) is 0 Å².